The largest absolute Gasteiger partial charge is 0.478 e. The van der Waals surface area contributed by atoms with Gasteiger partial charge in [-0.15, -0.1) is 0 Å². The lowest BCUT2D eigenvalue weighted by Crippen LogP contribution is -2.22. The SMILES string of the molecule is C/C=C(\C=C(/CC)c1cccc(-n2ncc(C(=O)O)c2C2CC2/C(N)=C/N(C)N)c1)C(OC)C1CCCC1.CC. The summed E-state index contributed by atoms with van der Waals surface area (Å²) in [5, 5.41) is 15.8. The molecule has 2 aliphatic carbocycles. The van der Waals surface area contributed by atoms with Crippen LogP contribution in [0, 0.1) is 11.8 Å². The number of nitrogens with two attached hydrogens (primary N) is 2. The zero-order chi connectivity index (χ0) is 29.4. The van der Waals surface area contributed by atoms with E-state index in [1.54, 1.807) is 17.9 Å². The number of allylic oxidation sites excluding steroid dienone is 3. The molecule has 3 atom stereocenters. The van der Waals surface area contributed by atoms with Gasteiger partial charge in [0.25, 0.3) is 0 Å². The smallest absolute Gasteiger partial charge is 0.339 e. The fourth-order valence-corrected chi connectivity index (χ4v) is 5.90. The van der Waals surface area contributed by atoms with Crippen molar-refractivity contribution in [2.24, 2.45) is 23.4 Å². The third-order valence-corrected chi connectivity index (χ3v) is 7.89. The second-order valence-electron chi connectivity index (χ2n) is 10.5. The molecule has 0 saturated heterocycles. The number of hydrogen-bond acceptors (Lipinski definition) is 6. The molecule has 0 radical (unpaired) electrons. The van der Waals surface area contributed by atoms with Gasteiger partial charge < -0.3 is 20.6 Å². The van der Waals surface area contributed by atoms with Crippen molar-refractivity contribution in [3.63, 3.8) is 0 Å². The van der Waals surface area contributed by atoms with Crippen molar-refractivity contribution >= 4 is 11.5 Å². The minimum absolute atomic E-state index is 0.0302. The van der Waals surface area contributed by atoms with Crippen LogP contribution in [0.3, 0.4) is 0 Å². The van der Waals surface area contributed by atoms with Crippen molar-refractivity contribution < 1.29 is 14.6 Å². The van der Waals surface area contributed by atoms with Crippen LogP contribution in [0.2, 0.25) is 0 Å². The summed E-state index contributed by atoms with van der Waals surface area (Å²) in [6.07, 6.45) is 14.2. The quantitative estimate of drug-likeness (QED) is 0.172. The highest BCUT2D eigenvalue weighted by Gasteiger charge is 2.45. The molecule has 5 N–H and O–H groups in total. The zero-order valence-corrected chi connectivity index (χ0v) is 24.9. The first-order valence-electron chi connectivity index (χ1n) is 14.5. The summed E-state index contributed by atoms with van der Waals surface area (Å²) in [6, 6.07) is 8.16. The molecule has 1 aromatic carbocycles. The highest BCUT2D eigenvalue weighted by atomic mass is 16.5. The molecule has 8 heteroatoms. The number of carbonyl (C=O) groups is 1. The standard InChI is InChI=1S/C30H41N5O3.C2H6/c1-5-19(14-20(6-2)29(38-4)21-10-7-8-11-21)22-12-9-13-23(15-22)35-28(26(17-33-35)30(36)37)25-16-24(25)27(31)18-34(3)32;1-2/h6,9,12-15,17-18,21,24-25,29H,5,7-8,10-11,16,31-32H2,1-4H3,(H,36,37);1-2H3/b19-14+,20-6+,27-18-;. The van der Waals surface area contributed by atoms with Gasteiger partial charge in [-0.05, 0) is 67.4 Å². The number of rotatable bonds is 11. The van der Waals surface area contributed by atoms with Gasteiger partial charge in [0.15, 0.2) is 0 Å². The number of nitrogens with zero attached hydrogens (tertiary/aromatic N) is 3. The van der Waals surface area contributed by atoms with Crippen molar-refractivity contribution in [2.45, 2.75) is 78.2 Å². The van der Waals surface area contributed by atoms with Crippen LogP contribution in [-0.2, 0) is 4.74 Å². The van der Waals surface area contributed by atoms with Gasteiger partial charge in [0.1, 0.15) is 5.56 Å². The Kier molecular flexibility index (Phi) is 11.2. The summed E-state index contributed by atoms with van der Waals surface area (Å²) in [4.78, 5) is 12.1. The van der Waals surface area contributed by atoms with E-state index in [1.807, 2.05) is 33.1 Å². The van der Waals surface area contributed by atoms with E-state index in [-0.39, 0.29) is 23.5 Å². The molecule has 1 aromatic heterocycles. The van der Waals surface area contributed by atoms with E-state index in [2.05, 4.69) is 43.2 Å². The summed E-state index contributed by atoms with van der Waals surface area (Å²) in [5.74, 6) is 5.30. The fourth-order valence-electron chi connectivity index (χ4n) is 5.90. The van der Waals surface area contributed by atoms with E-state index in [4.69, 9.17) is 16.3 Å². The lowest BCUT2D eigenvalue weighted by atomic mass is 9.90. The van der Waals surface area contributed by atoms with Crippen LogP contribution in [0.4, 0.5) is 0 Å². The topological polar surface area (TPSA) is 120 Å². The van der Waals surface area contributed by atoms with Gasteiger partial charge in [-0.2, -0.15) is 5.10 Å². The highest BCUT2D eigenvalue weighted by molar-refractivity contribution is 5.89. The first-order chi connectivity index (χ1) is 19.3. The average molecular weight is 550 g/mol. The molecule has 0 aliphatic heterocycles. The van der Waals surface area contributed by atoms with E-state index in [0.717, 1.165) is 24.1 Å². The fraction of sp³-hybridized carbons (Fsp3) is 0.500. The lowest BCUT2D eigenvalue weighted by Gasteiger charge is -2.24. The van der Waals surface area contributed by atoms with E-state index in [9.17, 15) is 9.90 Å². The summed E-state index contributed by atoms with van der Waals surface area (Å²) < 4.78 is 7.74. The first kappa shape index (κ1) is 31.2. The maximum Gasteiger partial charge on any atom is 0.339 e. The van der Waals surface area contributed by atoms with E-state index in [0.29, 0.717) is 17.3 Å². The number of aromatic carboxylic acids is 1. The van der Waals surface area contributed by atoms with Crippen molar-refractivity contribution in [3.8, 4) is 5.69 Å². The normalized spacial score (nSPS) is 20.6. The van der Waals surface area contributed by atoms with Gasteiger partial charge in [0.2, 0.25) is 0 Å². The van der Waals surface area contributed by atoms with Gasteiger partial charge in [0.05, 0.1) is 23.7 Å². The number of ether oxygens (including phenoxy) is 1. The van der Waals surface area contributed by atoms with Gasteiger partial charge in [0, 0.05) is 37.9 Å². The minimum atomic E-state index is -0.990. The van der Waals surface area contributed by atoms with Crippen LogP contribution >= 0.6 is 0 Å². The molecule has 2 aliphatic rings. The van der Waals surface area contributed by atoms with Gasteiger partial charge >= 0.3 is 5.97 Å². The minimum Gasteiger partial charge on any atom is -0.478 e. The predicted octanol–water partition coefficient (Wildman–Crippen LogP) is 6.25. The van der Waals surface area contributed by atoms with Crippen molar-refractivity contribution in [3.05, 3.63) is 76.9 Å². The van der Waals surface area contributed by atoms with Crippen molar-refractivity contribution in [2.75, 3.05) is 14.2 Å². The van der Waals surface area contributed by atoms with E-state index >= 15 is 0 Å². The third kappa shape index (κ3) is 7.04. The Bertz CT molecular complexity index is 1240. The summed E-state index contributed by atoms with van der Waals surface area (Å²) in [7, 11) is 3.52. The van der Waals surface area contributed by atoms with E-state index < -0.39 is 5.97 Å². The lowest BCUT2D eigenvalue weighted by molar-refractivity contribution is 0.0695. The summed E-state index contributed by atoms with van der Waals surface area (Å²) >= 11 is 0. The maximum atomic E-state index is 12.1. The van der Waals surface area contributed by atoms with Crippen LogP contribution in [-0.4, -0.2) is 46.1 Å². The second-order valence-corrected chi connectivity index (χ2v) is 10.5. The first-order valence-corrected chi connectivity index (χ1v) is 14.5. The molecule has 0 amide bonds. The number of aromatic nitrogens is 2. The zero-order valence-electron chi connectivity index (χ0n) is 24.9. The van der Waals surface area contributed by atoms with Crippen LogP contribution < -0.4 is 11.6 Å². The van der Waals surface area contributed by atoms with Crippen LogP contribution in [0.15, 0.2) is 60.1 Å². The Morgan fingerprint density at radius 3 is 2.58 bits per heavy atom. The number of benzene rings is 1. The molecule has 3 unspecified atom stereocenters. The number of hydrazine groups is 1. The molecule has 0 spiro atoms. The number of carboxylic acids is 1. The molecular formula is C32H47N5O3. The predicted molar refractivity (Wildman–Crippen MR) is 162 cm³/mol. The Labute approximate surface area is 239 Å². The molecule has 2 aromatic rings. The molecule has 40 heavy (non-hydrogen) atoms. The number of methoxy groups -OCH3 is 1. The van der Waals surface area contributed by atoms with Crippen molar-refractivity contribution in [1.82, 2.24) is 14.8 Å². The van der Waals surface area contributed by atoms with Gasteiger partial charge in [-0.3, -0.25) is 0 Å². The van der Waals surface area contributed by atoms with Crippen LogP contribution in [0.1, 0.15) is 93.8 Å². The molecule has 1 heterocycles. The number of carboxylic acid groups (broad SMARTS) is 1. The molecular weight excluding hydrogens is 502 g/mol. The monoisotopic (exact) mass is 549 g/mol. The third-order valence-electron chi connectivity index (χ3n) is 7.89. The second kappa shape index (κ2) is 14.3. The Balaban J connectivity index is 0.00000216. The van der Waals surface area contributed by atoms with Gasteiger partial charge in [-0.1, -0.05) is 57.9 Å². The summed E-state index contributed by atoms with van der Waals surface area (Å²) in [6.45, 7) is 8.23. The Morgan fingerprint density at radius 2 is 2.00 bits per heavy atom. The molecule has 0 bridgehead atoms. The maximum absolute atomic E-state index is 12.1. The summed E-state index contributed by atoms with van der Waals surface area (Å²) in [5.41, 5.74) is 12.1. The number of hydrogen-bond donors (Lipinski definition) is 3. The highest BCUT2D eigenvalue weighted by Crippen LogP contribution is 2.51. The Hall–Kier alpha value is -3.36. The molecule has 2 fully saturated rings. The molecule has 218 valence electrons. The average Bonchev–Trinajstić information content (AvgIpc) is 3.33. The van der Waals surface area contributed by atoms with Gasteiger partial charge in [-0.25, -0.2) is 15.3 Å². The van der Waals surface area contributed by atoms with Crippen LogP contribution in [0.5, 0.6) is 0 Å². The van der Waals surface area contributed by atoms with E-state index in [1.165, 1.54) is 48.0 Å². The van der Waals surface area contributed by atoms with Crippen LogP contribution in [0.25, 0.3) is 11.3 Å². The molecule has 8 nitrogen and oxygen atoms in total. The van der Waals surface area contributed by atoms with Crippen molar-refractivity contribution in [1.29, 1.82) is 0 Å². The molecule has 2 saturated carbocycles. The Morgan fingerprint density at radius 1 is 1.30 bits per heavy atom. The molecule has 4 rings (SSSR count).